The maximum atomic E-state index is 12.7. The number of rotatable bonds is 6. The third kappa shape index (κ3) is 4.46. The molecule has 2 aliphatic heterocycles. The standard InChI is InChI=1S/C21H28N4O5/c1-3-30-20(29)21(6-8-25(9-7-21)19(28)13(2)22)12-23-18(27)14-4-5-16-15(10-14)11-17(26)24-16/h4-5,10,13H,3,6-9,11-12,22H2,1-2H3,(H,23,27)(H,24,26). The fraction of sp³-hybridized carbons (Fsp3) is 0.524. The second kappa shape index (κ2) is 8.83. The van der Waals surface area contributed by atoms with Crippen molar-refractivity contribution in [2.45, 2.75) is 39.2 Å². The first-order chi connectivity index (χ1) is 14.3. The van der Waals surface area contributed by atoms with E-state index in [1.807, 2.05) is 0 Å². The average Bonchev–Trinajstić information content (AvgIpc) is 3.11. The first kappa shape index (κ1) is 21.8. The van der Waals surface area contributed by atoms with Gasteiger partial charge >= 0.3 is 5.97 Å². The molecule has 0 spiro atoms. The Hall–Kier alpha value is -2.94. The van der Waals surface area contributed by atoms with Gasteiger partial charge < -0.3 is 26.0 Å². The summed E-state index contributed by atoms with van der Waals surface area (Å²) >= 11 is 0. The summed E-state index contributed by atoms with van der Waals surface area (Å²) in [4.78, 5) is 50.7. The largest absolute Gasteiger partial charge is 0.466 e. The highest BCUT2D eigenvalue weighted by Crippen LogP contribution is 2.33. The SMILES string of the molecule is CCOC(=O)C1(CNC(=O)c2ccc3c(c2)CC(=O)N3)CCN(C(=O)C(C)N)CC1. The molecule has 3 amide bonds. The van der Waals surface area contributed by atoms with Crippen LogP contribution in [0.3, 0.4) is 0 Å². The van der Waals surface area contributed by atoms with E-state index in [9.17, 15) is 19.2 Å². The summed E-state index contributed by atoms with van der Waals surface area (Å²) in [6, 6.07) is 4.43. The molecule has 0 bridgehead atoms. The topological polar surface area (TPSA) is 131 Å². The number of nitrogens with one attached hydrogen (secondary N) is 2. The number of nitrogens with zero attached hydrogens (tertiary/aromatic N) is 1. The lowest BCUT2D eigenvalue weighted by molar-refractivity contribution is -0.160. The number of hydrogen-bond donors (Lipinski definition) is 3. The number of carbonyl (C=O) groups is 4. The Kier molecular flexibility index (Phi) is 6.40. The lowest BCUT2D eigenvalue weighted by Gasteiger charge is -2.40. The van der Waals surface area contributed by atoms with Crippen LogP contribution in [0.25, 0.3) is 0 Å². The molecule has 1 aromatic rings. The van der Waals surface area contributed by atoms with Gasteiger partial charge in [0.25, 0.3) is 5.91 Å². The number of likely N-dealkylation sites (tertiary alicyclic amines) is 1. The first-order valence-corrected chi connectivity index (χ1v) is 10.2. The number of nitrogens with two attached hydrogens (primary N) is 1. The van der Waals surface area contributed by atoms with E-state index in [1.165, 1.54) is 0 Å². The van der Waals surface area contributed by atoms with Crippen molar-refractivity contribution in [1.29, 1.82) is 0 Å². The Morgan fingerprint density at radius 3 is 2.63 bits per heavy atom. The van der Waals surface area contributed by atoms with E-state index in [0.29, 0.717) is 37.2 Å². The molecule has 1 fully saturated rings. The molecule has 30 heavy (non-hydrogen) atoms. The molecule has 0 aliphatic carbocycles. The molecule has 2 aliphatic rings. The van der Waals surface area contributed by atoms with Gasteiger partial charge in [0.05, 0.1) is 24.5 Å². The first-order valence-electron chi connectivity index (χ1n) is 10.2. The highest BCUT2D eigenvalue weighted by atomic mass is 16.5. The predicted molar refractivity (Wildman–Crippen MR) is 110 cm³/mol. The molecule has 4 N–H and O–H groups in total. The zero-order valence-corrected chi connectivity index (χ0v) is 17.3. The van der Waals surface area contributed by atoms with Gasteiger partial charge in [-0.15, -0.1) is 0 Å². The van der Waals surface area contributed by atoms with E-state index < -0.39 is 11.5 Å². The summed E-state index contributed by atoms with van der Waals surface area (Å²) in [5, 5.41) is 5.58. The molecule has 3 rings (SSSR count). The number of piperidine rings is 1. The third-order valence-corrected chi connectivity index (χ3v) is 5.71. The second-order valence-electron chi connectivity index (χ2n) is 7.89. The average molecular weight is 416 g/mol. The van der Waals surface area contributed by atoms with Gasteiger partial charge in [-0.1, -0.05) is 0 Å². The fourth-order valence-electron chi connectivity index (χ4n) is 3.90. The van der Waals surface area contributed by atoms with E-state index in [2.05, 4.69) is 10.6 Å². The minimum Gasteiger partial charge on any atom is -0.466 e. The van der Waals surface area contributed by atoms with Gasteiger partial charge in [-0.05, 0) is 50.5 Å². The van der Waals surface area contributed by atoms with Crippen LogP contribution in [0.4, 0.5) is 5.69 Å². The van der Waals surface area contributed by atoms with Crippen molar-refractivity contribution in [2.24, 2.45) is 11.1 Å². The lowest BCUT2D eigenvalue weighted by Crippen LogP contribution is -2.54. The number of esters is 1. The second-order valence-corrected chi connectivity index (χ2v) is 7.89. The van der Waals surface area contributed by atoms with Crippen LogP contribution < -0.4 is 16.4 Å². The van der Waals surface area contributed by atoms with E-state index in [1.54, 1.807) is 36.9 Å². The quantitative estimate of drug-likeness (QED) is 0.577. The molecular weight excluding hydrogens is 388 g/mol. The fourth-order valence-corrected chi connectivity index (χ4v) is 3.90. The minimum absolute atomic E-state index is 0.100. The van der Waals surface area contributed by atoms with E-state index >= 15 is 0 Å². The number of benzene rings is 1. The van der Waals surface area contributed by atoms with Gasteiger partial charge in [-0.2, -0.15) is 0 Å². The smallest absolute Gasteiger partial charge is 0.313 e. The van der Waals surface area contributed by atoms with Crippen LogP contribution >= 0.6 is 0 Å². The Balaban J connectivity index is 1.68. The summed E-state index contributed by atoms with van der Waals surface area (Å²) in [5.74, 6) is -0.952. The van der Waals surface area contributed by atoms with Gasteiger partial charge in [-0.25, -0.2) is 0 Å². The number of amides is 3. The molecule has 2 heterocycles. The summed E-state index contributed by atoms with van der Waals surface area (Å²) in [6.07, 6.45) is 1.01. The van der Waals surface area contributed by atoms with Gasteiger partial charge in [0.1, 0.15) is 0 Å². The molecular formula is C21H28N4O5. The van der Waals surface area contributed by atoms with Crippen LogP contribution in [-0.4, -0.2) is 60.9 Å². The maximum absolute atomic E-state index is 12.7. The zero-order chi connectivity index (χ0) is 21.9. The Morgan fingerprint density at radius 2 is 2.00 bits per heavy atom. The number of ether oxygens (including phenoxy) is 1. The molecule has 1 aromatic carbocycles. The normalized spacial score (nSPS) is 18.2. The highest BCUT2D eigenvalue weighted by Gasteiger charge is 2.44. The summed E-state index contributed by atoms with van der Waals surface area (Å²) in [7, 11) is 0. The summed E-state index contributed by atoms with van der Waals surface area (Å²) in [5.41, 5.74) is 6.70. The van der Waals surface area contributed by atoms with Crippen LogP contribution in [-0.2, 0) is 25.5 Å². The van der Waals surface area contributed by atoms with Gasteiger partial charge in [0.2, 0.25) is 11.8 Å². The molecule has 162 valence electrons. The summed E-state index contributed by atoms with van der Waals surface area (Å²) < 4.78 is 5.27. The van der Waals surface area contributed by atoms with Gasteiger partial charge in [0.15, 0.2) is 0 Å². The number of anilines is 1. The highest BCUT2D eigenvalue weighted by molar-refractivity contribution is 6.01. The molecule has 0 radical (unpaired) electrons. The number of fused-ring (bicyclic) bond motifs is 1. The monoisotopic (exact) mass is 416 g/mol. The van der Waals surface area contributed by atoms with Crippen molar-refractivity contribution in [2.75, 3.05) is 31.6 Å². The van der Waals surface area contributed by atoms with E-state index in [4.69, 9.17) is 10.5 Å². The van der Waals surface area contributed by atoms with Crippen molar-refractivity contribution >= 4 is 29.4 Å². The van der Waals surface area contributed by atoms with Gasteiger partial charge in [-0.3, -0.25) is 19.2 Å². The van der Waals surface area contributed by atoms with Crippen molar-refractivity contribution in [3.05, 3.63) is 29.3 Å². The molecule has 0 saturated carbocycles. The maximum Gasteiger partial charge on any atom is 0.313 e. The lowest BCUT2D eigenvalue weighted by atomic mass is 9.78. The molecule has 0 aromatic heterocycles. The molecule has 9 heteroatoms. The van der Waals surface area contributed by atoms with Crippen LogP contribution in [0.2, 0.25) is 0 Å². The van der Waals surface area contributed by atoms with Crippen LogP contribution in [0.15, 0.2) is 18.2 Å². The van der Waals surface area contributed by atoms with Crippen molar-refractivity contribution in [1.82, 2.24) is 10.2 Å². The molecule has 1 atom stereocenters. The molecule has 9 nitrogen and oxygen atoms in total. The Morgan fingerprint density at radius 1 is 1.30 bits per heavy atom. The van der Waals surface area contributed by atoms with Crippen LogP contribution in [0, 0.1) is 5.41 Å². The number of hydrogen-bond acceptors (Lipinski definition) is 6. The van der Waals surface area contributed by atoms with Crippen LogP contribution in [0.5, 0.6) is 0 Å². The van der Waals surface area contributed by atoms with E-state index in [0.717, 1.165) is 5.56 Å². The van der Waals surface area contributed by atoms with Crippen molar-refractivity contribution in [3.8, 4) is 0 Å². The Labute approximate surface area is 175 Å². The van der Waals surface area contributed by atoms with Crippen LogP contribution in [0.1, 0.15) is 42.6 Å². The zero-order valence-electron chi connectivity index (χ0n) is 17.3. The third-order valence-electron chi connectivity index (χ3n) is 5.71. The molecule has 1 saturated heterocycles. The summed E-state index contributed by atoms with van der Waals surface area (Å²) in [6.45, 7) is 4.47. The van der Waals surface area contributed by atoms with E-state index in [-0.39, 0.29) is 43.3 Å². The number of carbonyl (C=O) groups excluding carboxylic acids is 4. The van der Waals surface area contributed by atoms with Crippen molar-refractivity contribution in [3.63, 3.8) is 0 Å². The van der Waals surface area contributed by atoms with Crippen molar-refractivity contribution < 1.29 is 23.9 Å². The van der Waals surface area contributed by atoms with Gasteiger partial charge in [0, 0.05) is 30.9 Å². The predicted octanol–water partition coefficient (Wildman–Crippen LogP) is 0.430. The Bertz CT molecular complexity index is 859. The minimum atomic E-state index is -0.894. The molecule has 1 unspecified atom stereocenters.